The highest BCUT2D eigenvalue weighted by Crippen LogP contribution is 2.11. The third kappa shape index (κ3) is 4.81. The van der Waals surface area contributed by atoms with Gasteiger partial charge in [0.15, 0.2) is 0 Å². The fourth-order valence-corrected chi connectivity index (χ4v) is 2.72. The molecule has 1 heterocycles. The lowest BCUT2D eigenvalue weighted by molar-refractivity contribution is 0.284. The molecule has 0 spiro atoms. The first-order valence-corrected chi connectivity index (χ1v) is 7.42. The minimum Gasteiger partial charge on any atom is -0.312 e. The lowest BCUT2D eigenvalue weighted by Crippen LogP contribution is -2.32. The van der Waals surface area contributed by atoms with E-state index in [1.807, 2.05) is 6.07 Å². The standard InChI is InChI=1S/C17H26N2/c1-15(14-19-10-6-7-11-19)12-18-13-16(2)17-8-4-3-5-9-17/h3-5,8-9,15,18H,2,6-7,10-14H2,1H3. The maximum absolute atomic E-state index is 4.15. The summed E-state index contributed by atoms with van der Waals surface area (Å²) in [5, 5.41) is 3.53. The molecule has 1 saturated heterocycles. The fourth-order valence-electron chi connectivity index (χ4n) is 2.72. The Morgan fingerprint density at radius 1 is 1.26 bits per heavy atom. The van der Waals surface area contributed by atoms with Gasteiger partial charge in [-0.15, -0.1) is 0 Å². The molecule has 2 heteroatoms. The molecule has 0 saturated carbocycles. The topological polar surface area (TPSA) is 15.3 Å². The van der Waals surface area contributed by atoms with Crippen LogP contribution in [0.5, 0.6) is 0 Å². The maximum atomic E-state index is 4.15. The van der Waals surface area contributed by atoms with Gasteiger partial charge in [0.2, 0.25) is 0 Å². The Balaban J connectivity index is 1.64. The Bertz CT molecular complexity index is 380. The fraction of sp³-hybridized carbons (Fsp3) is 0.529. The zero-order valence-corrected chi connectivity index (χ0v) is 12.1. The average Bonchev–Trinajstić information content (AvgIpc) is 2.92. The molecule has 19 heavy (non-hydrogen) atoms. The zero-order chi connectivity index (χ0) is 13.5. The predicted octanol–water partition coefficient (Wildman–Crippen LogP) is 3.02. The van der Waals surface area contributed by atoms with E-state index in [1.165, 1.54) is 43.6 Å². The van der Waals surface area contributed by atoms with Crippen molar-refractivity contribution in [3.8, 4) is 0 Å². The number of rotatable bonds is 7. The number of nitrogens with one attached hydrogen (secondary N) is 1. The molecule has 104 valence electrons. The lowest BCUT2D eigenvalue weighted by Gasteiger charge is -2.20. The van der Waals surface area contributed by atoms with Gasteiger partial charge in [-0.3, -0.25) is 0 Å². The summed E-state index contributed by atoms with van der Waals surface area (Å²) in [6.45, 7) is 12.2. The van der Waals surface area contributed by atoms with Crippen LogP contribution in [0, 0.1) is 5.92 Å². The lowest BCUT2D eigenvalue weighted by atomic mass is 10.1. The second-order valence-electron chi connectivity index (χ2n) is 5.71. The molecule has 1 fully saturated rings. The molecule has 1 aliphatic heterocycles. The summed E-state index contributed by atoms with van der Waals surface area (Å²) in [6, 6.07) is 10.4. The summed E-state index contributed by atoms with van der Waals surface area (Å²) in [5.41, 5.74) is 2.41. The van der Waals surface area contributed by atoms with Gasteiger partial charge in [-0.05, 0) is 49.5 Å². The van der Waals surface area contributed by atoms with Crippen molar-refractivity contribution < 1.29 is 0 Å². The molecule has 2 nitrogen and oxygen atoms in total. The van der Waals surface area contributed by atoms with Crippen LogP contribution in [-0.2, 0) is 0 Å². The van der Waals surface area contributed by atoms with E-state index in [2.05, 4.69) is 48.0 Å². The van der Waals surface area contributed by atoms with E-state index in [-0.39, 0.29) is 0 Å². The van der Waals surface area contributed by atoms with Crippen molar-refractivity contribution in [3.63, 3.8) is 0 Å². The average molecular weight is 258 g/mol. The molecule has 0 amide bonds. The first-order valence-electron chi connectivity index (χ1n) is 7.42. The largest absolute Gasteiger partial charge is 0.312 e. The van der Waals surface area contributed by atoms with E-state index in [1.54, 1.807) is 0 Å². The van der Waals surface area contributed by atoms with Crippen molar-refractivity contribution in [2.24, 2.45) is 5.92 Å². The van der Waals surface area contributed by atoms with Crippen LogP contribution in [-0.4, -0.2) is 37.6 Å². The van der Waals surface area contributed by atoms with Crippen LogP contribution in [0.3, 0.4) is 0 Å². The van der Waals surface area contributed by atoms with Gasteiger partial charge in [0.25, 0.3) is 0 Å². The molecule has 1 aromatic carbocycles. The highest BCUT2D eigenvalue weighted by Gasteiger charge is 2.14. The molecular weight excluding hydrogens is 232 g/mol. The highest BCUT2D eigenvalue weighted by atomic mass is 15.1. The molecule has 1 unspecified atom stereocenters. The van der Waals surface area contributed by atoms with E-state index in [4.69, 9.17) is 0 Å². The molecule has 1 aliphatic rings. The van der Waals surface area contributed by atoms with Gasteiger partial charge in [-0.2, -0.15) is 0 Å². The number of likely N-dealkylation sites (tertiary alicyclic amines) is 1. The van der Waals surface area contributed by atoms with Crippen LogP contribution < -0.4 is 5.32 Å². The van der Waals surface area contributed by atoms with Crippen LogP contribution >= 0.6 is 0 Å². The zero-order valence-electron chi connectivity index (χ0n) is 12.1. The van der Waals surface area contributed by atoms with Crippen molar-refractivity contribution in [2.45, 2.75) is 19.8 Å². The van der Waals surface area contributed by atoms with E-state index in [9.17, 15) is 0 Å². The Hall–Kier alpha value is -1.12. The van der Waals surface area contributed by atoms with E-state index in [0.29, 0.717) is 5.92 Å². The summed E-state index contributed by atoms with van der Waals surface area (Å²) in [4.78, 5) is 2.58. The van der Waals surface area contributed by atoms with Crippen LogP contribution in [0.25, 0.3) is 5.57 Å². The van der Waals surface area contributed by atoms with Crippen molar-refractivity contribution in [1.82, 2.24) is 10.2 Å². The van der Waals surface area contributed by atoms with Crippen molar-refractivity contribution >= 4 is 5.57 Å². The van der Waals surface area contributed by atoms with Gasteiger partial charge in [0, 0.05) is 13.1 Å². The molecule has 1 atom stereocenters. The molecule has 2 rings (SSSR count). The molecule has 0 aliphatic carbocycles. The first kappa shape index (κ1) is 14.3. The highest BCUT2D eigenvalue weighted by molar-refractivity contribution is 5.64. The maximum Gasteiger partial charge on any atom is 0.0205 e. The van der Waals surface area contributed by atoms with E-state index in [0.717, 1.165) is 13.1 Å². The van der Waals surface area contributed by atoms with Gasteiger partial charge < -0.3 is 10.2 Å². The molecule has 1 N–H and O–H groups in total. The molecule has 0 radical (unpaired) electrons. The van der Waals surface area contributed by atoms with Crippen LogP contribution in [0.1, 0.15) is 25.3 Å². The molecule has 1 aromatic rings. The Kier molecular flexibility index (Phi) is 5.62. The summed E-state index contributed by atoms with van der Waals surface area (Å²) in [7, 11) is 0. The van der Waals surface area contributed by atoms with Gasteiger partial charge >= 0.3 is 0 Å². The normalized spacial score (nSPS) is 17.5. The predicted molar refractivity (Wildman–Crippen MR) is 83.2 cm³/mol. The Morgan fingerprint density at radius 3 is 2.63 bits per heavy atom. The minimum atomic E-state index is 0.710. The van der Waals surface area contributed by atoms with E-state index >= 15 is 0 Å². The Morgan fingerprint density at radius 2 is 1.95 bits per heavy atom. The smallest absolute Gasteiger partial charge is 0.0205 e. The number of benzene rings is 1. The van der Waals surface area contributed by atoms with Crippen molar-refractivity contribution in [3.05, 3.63) is 42.5 Å². The monoisotopic (exact) mass is 258 g/mol. The number of nitrogens with zero attached hydrogens (tertiary/aromatic N) is 1. The third-order valence-corrected chi connectivity index (χ3v) is 3.78. The quantitative estimate of drug-likeness (QED) is 0.809. The molecular formula is C17H26N2. The minimum absolute atomic E-state index is 0.710. The van der Waals surface area contributed by atoms with Gasteiger partial charge in [0.05, 0.1) is 0 Å². The summed E-state index contributed by atoms with van der Waals surface area (Å²) in [6.07, 6.45) is 2.76. The van der Waals surface area contributed by atoms with Gasteiger partial charge in [-0.25, -0.2) is 0 Å². The first-order chi connectivity index (χ1) is 9.25. The SMILES string of the molecule is C=C(CNCC(C)CN1CCCC1)c1ccccc1. The Labute approximate surface area is 117 Å². The van der Waals surface area contributed by atoms with Crippen LogP contribution in [0.15, 0.2) is 36.9 Å². The van der Waals surface area contributed by atoms with Crippen LogP contribution in [0.2, 0.25) is 0 Å². The molecule has 0 bridgehead atoms. The second-order valence-corrected chi connectivity index (χ2v) is 5.71. The van der Waals surface area contributed by atoms with Gasteiger partial charge in [0.1, 0.15) is 0 Å². The number of hydrogen-bond acceptors (Lipinski definition) is 2. The third-order valence-electron chi connectivity index (χ3n) is 3.78. The van der Waals surface area contributed by atoms with Crippen molar-refractivity contribution in [2.75, 3.05) is 32.7 Å². The van der Waals surface area contributed by atoms with E-state index < -0.39 is 0 Å². The summed E-state index contributed by atoms with van der Waals surface area (Å²) >= 11 is 0. The number of hydrogen-bond donors (Lipinski definition) is 1. The van der Waals surface area contributed by atoms with Crippen molar-refractivity contribution in [1.29, 1.82) is 0 Å². The summed E-state index contributed by atoms with van der Waals surface area (Å²) in [5.74, 6) is 0.710. The van der Waals surface area contributed by atoms with Crippen LogP contribution in [0.4, 0.5) is 0 Å². The van der Waals surface area contributed by atoms with Gasteiger partial charge in [-0.1, -0.05) is 43.8 Å². The summed E-state index contributed by atoms with van der Waals surface area (Å²) < 4.78 is 0. The molecule has 0 aromatic heterocycles. The second kappa shape index (κ2) is 7.46.